The highest BCUT2D eigenvalue weighted by molar-refractivity contribution is 5.84. The number of carboxylic acid groups (broad SMARTS) is 1. The lowest BCUT2D eigenvalue weighted by Gasteiger charge is -2.27. The number of carbonyl (C=O) groups is 3. The van der Waals surface area contributed by atoms with Gasteiger partial charge in [0.2, 0.25) is 5.91 Å². The Labute approximate surface area is 199 Å². The van der Waals surface area contributed by atoms with Crippen molar-refractivity contribution in [3.8, 4) is 11.1 Å². The van der Waals surface area contributed by atoms with Gasteiger partial charge in [-0.2, -0.15) is 13.2 Å². The molecule has 0 radical (unpaired) electrons. The highest BCUT2D eigenvalue weighted by Crippen LogP contribution is 2.44. The third kappa shape index (κ3) is 5.75. The first-order chi connectivity index (χ1) is 16.6. The molecule has 2 aromatic carbocycles. The third-order valence-corrected chi connectivity index (χ3v) is 6.30. The molecule has 2 N–H and O–H groups in total. The van der Waals surface area contributed by atoms with Gasteiger partial charge in [-0.25, -0.2) is 4.79 Å². The quantitative estimate of drug-likeness (QED) is 0.554. The normalized spacial score (nSPS) is 15.6. The lowest BCUT2D eigenvalue weighted by molar-refractivity contribution is -0.189. The molecule has 186 valence electrons. The van der Waals surface area contributed by atoms with Crippen molar-refractivity contribution in [2.24, 2.45) is 11.8 Å². The minimum Gasteiger partial charge on any atom is -0.480 e. The van der Waals surface area contributed by atoms with Gasteiger partial charge in [0.05, 0.1) is 0 Å². The zero-order valence-corrected chi connectivity index (χ0v) is 18.8. The number of hydrogen-bond acceptors (Lipinski definition) is 4. The average molecular weight is 490 g/mol. The molecule has 35 heavy (non-hydrogen) atoms. The molecule has 0 heterocycles. The van der Waals surface area contributed by atoms with E-state index in [-0.39, 0.29) is 25.0 Å². The van der Waals surface area contributed by atoms with E-state index in [0.29, 0.717) is 4.90 Å². The first-order valence-corrected chi connectivity index (χ1v) is 11.3. The van der Waals surface area contributed by atoms with Crippen molar-refractivity contribution >= 4 is 18.0 Å². The molecule has 7 nitrogen and oxygen atoms in total. The Morgan fingerprint density at radius 1 is 1.03 bits per heavy atom. The van der Waals surface area contributed by atoms with Crippen LogP contribution in [0.3, 0.4) is 0 Å². The van der Waals surface area contributed by atoms with E-state index in [1.165, 1.54) is 0 Å². The van der Waals surface area contributed by atoms with Gasteiger partial charge in [0.15, 0.2) is 5.92 Å². The zero-order valence-electron chi connectivity index (χ0n) is 18.8. The molecule has 2 aliphatic rings. The number of aliphatic carboxylic acids is 1. The van der Waals surface area contributed by atoms with Crippen LogP contribution in [0.5, 0.6) is 0 Å². The number of rotatable bonds is 9. The van der Waals surface area contributed by atoms with E-state index in [9.17, 15) is 27.6 Å². The van der Waals surface area contributed by atoms with Crippen molar-refractivity contribution in [2.45, 2.75) is 24.9 Å². The van der Waals surface area contributed by atoms with Gasteiger partial charge in [-0.3, -0.25) is 9.59 Å². The SMILES string of the molecule is O=C(O)CN(CC1CC1)C(=O)C(CNC(=O)OCC1c2ccccc2-c2ccccc21)C(F)(F)F. The van der Waals surface area contributed by atoms with Gasteiger partial charge in [-0.05, 0) is 41.0 Å². The van der Waals surface area contributed by atoms with E-state index in [4.69, 9.17) is 9.84 Å². The summed E-state index contributed by atoms with van der Waals surface area (Å²) in [4.78, 5) is 36.7. The van der Waals surface area contributed by atoms with Crippen molar-refractivity contribution in [3.05, 3.63) is 59.7 Å². The molecule has 10 heteroatoms. The van der Waals surface area contributed by atoms with Crippen LogP contribution in [0.1, 0.15) is 29.9 Å². The van der Waals surface area contributed by atoms with Crippen LogP contribution in [0.25, 0.3) is 11.1 Å². The van der Waals surface area contributed by atoms with Crippen LogP contribution in [0, 0.1) is 11.8 Å². The molecule has 1 unspecified atom stereocenters. The molecule has 0 aliphatic heterocycles. The number of nitrogens with one attached hydrogen (secondary N) is 1. The van der Waals surface area contributed by atoms with Gasteiger partial charge >= 0.3 is 18.2 Å². The highest BCUT2D eigenvalue weighted by atomic mass is 19.4. The molecule has 0 saturated heterocycles. The molecular formula is C25H25F3N2O5. The van der Waals surface area contributed by atoms with Crippen molar-refractivity contribution in [2.75, 3.05) is 26.2 Å². The van der Waals surface area contributed by atoms with Gasteiger partial charge in [-0.15, -0.1) is 0 Å². The number of alkyl carbamates (subject to hydrolysis) is 1. The Hall–Kier alpha value is -3.56. The molecule has 2 aromatic rings. The molecule has 1 atom stereocenters. The molecule has 0 bridgehead atoms. The second-order valence-electron chi connectivity index (χ2n) is 8.86. The van der Waals surface area contributed by atoms with E-state index in [1.807, 2.05) is 53.8 Å². The third-order valence-electron chi connectivity index (χ3n) is 6.30. The van der Waals surface area contributed by atoms with Crippen LogP contribution in [0.4, 0.5) is 18.0 Å². The molecule has 4 rings (SSSR count). The summed E-state index contributed by atoms with van der Waals surface area (Å²) < 4.78 is 46.2. The number of amides is 2. The fraction of sp³-hybridized carbons (Fsp3) is 0.400. The molecule has 2 amide bonds. The summed E-state index contributed by atoms with van der Waals surface area (Å²) in [5.41, 5.74) is 3.92. The molecule has 1 saturated carbocycles. The first kappa shape index (κ1) is 24.6. The summed E-state index contributed by atoms with van der Waals surface area (Å²) in [6.45, 7) is -2.01. The average Bonchev–Trinajstić information content (AvgIpc) is 3.56. The second kappa shape index (κ2) is 9.97. The zero-order chi connectivity index (χ0) is 25.2. The van der Waals surface area contributed by atoms with Gasteiger partial charge < -0.3 is 20.1 Å². The minimum absolute atomic E-state index is 0.00211. The summed E-state index contributed by atoms with van der Waals surface area (Å²) in [5.74, 6) is -5.60. The largest absolute Gasteiger partial charge is 0.480 e. The van der Waals surface area contributed by atoms with Gasteiger partial charge in [0.1, 0.15) is 13.2 Å². The van der Waals surface area contributed by atoms with Gasteiger partial charge in [0, 0.05) is 19.0 Å². The number of fused-ring (bicyclic) bond motifs is 3. The number of hydrogen-bond donors (Lipinski definition) is 2. The molecule has 0 aromatic heterocycles. The number of alkyl halides is 3. The van der Waals surface area contributed by atoms with Crippen molar-refractivity contribution in [1.29, 1.82) is 0 Å². The van der Waals surface area contributed by atoms with Gasteiger partial charge in [0.25, 0.3) is 0 Å². The number of ether oxygens (including phenoxy) is 1. The molecular weight excluding hydrogens is 465 g/mol. The number of benzene rings is 2. The lowest BCUT2D eigenvalue weighted by Crippen LogP contribution is -2.49. The number of carboxylic acids is 1. The highest BCUT2D eigenvalue weighted by Gasteiger charge is 2.47. The van der Waals surface area contributed by atoms with E-state index in [2.05, 4.69) is 0 Å². The lowest BCUT2D eigenvalue weighted by atomic mass is 9.98. The Morgan fingerprint density at radius 3 is 2.11 bits per heavy atom. The summed E-state index contributed by atoms with van der Waals surface area (Å²) in [7, 11) is 0. The molecule has 1 fully saturated rings. The minimum atomic E-state index is -4.96. The maximum Gasteiger partial charge on any atom is 0.407 e. The Balaban J connectivity index is 1.39. The summed E-state index contributed by atoms with van der Waals surface area (Å²) in [6.07, 6.45) is -4.58. The Kier molecular flexibility index (Phi) is 7.00. The summed E-state index contributed by atoms with van der Waals surface area (Å²) in [6, 6.07) is 15.3. The standard InChI is InChI=1S/C25H25F3N2O5/c26-25(27,28)21(23(33)30(13-22(31)32)12-15-9-10-15)11-29-24(34)35-14-20-18-7-3-1-5-16(18)17-6-2-4-8-19(17)20/h1-8,15,20-21H,9-14H2,(H,29,34)(H,31,32). The van der Waals surface area contributed by atoms with Crippen LogP contribution >= 0.6 is 0 Å². The maximum absolute atomic E-state index is 13.6. The predicted molar refractivity (Wildman–Crippen MR) is 120 cm³/mol. The van der Waals surface area contributed by atoms with Crippen LogP contribution < -0.4 is 5.32 Å². The number of halogens is 3. The summed E-state index contributed by atoms with van der Waals surface area (Å²) in [5, 5.41) is 11.1. The van der Waals surface area contributed by atoms with Crippen LogP contribution in [-0.4, -0.2) is 60.4 Å². The smallest absolute Gasteiger partial charge is 0.407 e. The fourth-order valence-corrected chi connectivity index (χ4v) is 4.41. The monoisotopic (exact) mass is 490 g/mol. The predicted octanol–water partition coefficient (Wildman–Crippen LogP) is 4.03. The van der Waals surface area contributed by atoms with E-state index in [0.717, 1.165) is 35.1 Å². The Morgan fingerprint density at radius 2 is 1.60 bits per heavy atom. The van der Waals surface area contributed by atoms with Crippen molar-refractivity contribution < 1.29 is 37.4 Å². The van der Waals surface area contributed by atoms with Crippen LogP contribution in [0.2, 0.25) is 0 Å². The van der Waals surface area contributed by atoms with Crippen LogP contribution in [-0.2, 0) is 14.3 Å². The maximum atomic E-state index is 13.6. The van der Waals surface area contributed by atoms with E-state index in [1.54, 1.807) is 0 Å². The molecule has 0 spiro atoms. The summed E-state index contributed by atoms with van der Waals surface area (Å²) >= 11 is 0. The van der Waals surface area contributed by atoms with E-state index < -0.39 is 43.2 Å². The van der Waals surface area contributed by atoms with Crippen molar-refractivity contribution in [1.82, 2.24) is 10.2 Å². The topological polar surface area (TPSA) is 95.9 Å². The number of carbonyl (C=O) groups excluding carboxylic acids is 2. The van der Waals surface area contributed by atoms with E-state index >= 15 is 0 Å². The number of nitrogens with zero attached hydrogens (tertiary/aromatic N) is 1. The van der Waals surface area contributed by atoms with Crippen molar-refractivity contribution in [3.63, 3.8) is 0 Å². The first-order valence-electron chi connectivity index (χ1n) is 11.3. The fourth-order valence-electron chi connectivity index (χ4n) is 4.41. The molecule has 2 aliphatic carbocycles. The van der Waals surface area contributed by atoms with Crippen LogP contribution in [0.15, 0.2) is 48.5 Å². The van der Waals surface area contributed by atoms with Gasteiger partial charge in [-0.1, -0.05) is 48.5 Å². The second-order valence-corrected chi connectivity index (χ2v) is 8.86. The Bertz CT molecular complexity index is 1070.